The van der Waals surface area contributed by atoms with Crippen molar-refractivity contribution in [3.63, 3.8) is 0 Å². The van der Waals surface area contributed by atoms with Crippen molar-refractivity contribution >= 4 is 16.8 Å². The topological polar surface area (TPSA) is 60.0 Å². The number of carbonyl (C=O) groups is 1. The van der Waals surface area contributed by atoms with E-state index in [1.807, 2.05) is 0 Å². The molecule has 0 aliphatic heterocycles. The molecule has 4 heteroatoms. The molecular weight excluding hydrogens is 346 g/mol. The number of benzene rings is 1. The second-order valence-electron chi connectivity index (χ2n) is 8.99. The summed E-state index contributed by atoms with van der Waals surface area (Å²) in [4.78, 5) is 12.5. The van der Waals surface area contributed by atoms with Gasteiger partial charge in [0.05, 0.1) is 0 Å². The molecule has 2 aliphatic carbocycles. The molecule has 4 nitrogen and oxygen atoms in total. The lowest BCUT2D eigenvalue weighted by Gasteiger charge is -2.27. The summed E-state index contributed by atoms with van der Waals surface area (Å²) in [6, 6.07) is 11.6. The fourth-order valence-electron chi connectivity index (χ4n) is 5.12. The van der Waals surface area contributed by atoms with Gasteiger partial charge in [0.1, 0.15) is 0 Å². The Kier molecular flexibility index (Phi) is 6.36. The van der Waals surface area contributed by atoms with E-state index in [0.717, 1.165) is 44.6 Å². The number of nitrogens with one attached hydrogen (secondary N) is 1. The molecule has 1 heterocycles. The Morgan fingerprint density at radius 2 is 1.79 bits per heavy atom. The number of aryl methyl sites for hydroxylation is 1. The van der Waals surface area contributed by atoms with Crippen molar-refractivity contribution in [1.82, 2.24) is 9.88 Å². The maximum atomic E-state index is 12.5. The maximum Gasteiger partial charge on any atom is 0.220 e. The third-order valence-electron chi connectivity index (χ3n) is 6.81. The first-order valence-electron chi connectivity index (χ1n) is 11.3. The highest BCUT2D eigenvalue weighted by molar-refractivity contribution is 5.82. The van der Waals surface area contributed by atoms with Crippen molar-refractivity contribution in [2.24, 2.45) is 11.7 Å². The van der Waals surface area contributed by atoms with Gasteiger partial charge in [-0.2, -0.15) is 0 Å². The predicted octanol–water partition coefficient (Wildman–Crippen LogP) is 4.54. The van der Waals surface area contributed by atoms with Gasteiger partial charge in [-0.25, -0.2) is 0 Å². The highest BCUT2D eigenvalue weighted by Gasteiger charge is 2.21. The minimum Gasteiger partial charge on any atom is -0.353 e. The van der Waals surface area contributed by atoms with Gasteiger partial charge < -0.3 is 15.6 Å². The van der Waals surface area contributed by atoms with Crippen molar-refractivity contribution in [3.8, 4) is 0 Å². The number of hydrogen-bond acceptors (Lipinski definition) is 2. The van der Waals surface area contributed by atoms with Crippen LogP contribution in [0.15, 0.2) is 30.3 Å². The molecule has 2 saturated carbocycles. The molecule has 1 amide bonds. The first kappa shape index (κ1) is 19.5. The van der Waals surface area contributed by atoms with Crippen LogP contribution in [-0.4, -0.2) is 22.6 Å². The van der Waals surface area contributed by atoms with Crippen LogP contribution in [0.2, 0.25) is 0 Å². The number of hydrogen-bond donors (Lipinski definition) is 2. The standard InChI is InChI=1S/C24H35N3O/c25-20-10-12-21(13-11-20)26-24(28)15-14-22-16-19-8-4-5-9-23(19)27(22)17-18-6-2-1-3-7-18/h4-5,8-9,16,18,20-21H,1-3,6-7,10-15,17,25H2,(H,26,28)/t20-,21-. The summed E-state index contributed by atoms with van der Waals surface area (Å²) < 4.78 is 2.50. The summed E-state index contributed by atoms with van der Waals surface area (Å²) in [6.07, 6.45) is 12.3. The van der Waals surface area contributed by atoms with E-state index in [1.165, 1.54) is 48.7 Å². The van der Waals surface area contributed by atoms with E-state index >= 15 is 0 Å². The summed E-state index contributed by atoms with van der Waals surface area (Å²) in [6.45, 7) is 1.10. The van der Waals surface area contributed by atoms with Gasteiger partial charge in [-0.15, -0.1) is 0 Å². The summed E-state index contributed by atoms with van der Waals surface area (Å²) in [7, 11) is 0. The van der Waals surface area contributed by atoms with E-state index in [0.29, 0.717) is 18.5 Å². The third kappa shape index (κ3) is 4.78. The average Bonchev–Trinajstić information content (AvgIpc) is 3.06. The first-order valence-corrected chi connectivity index (χ1v) is 11.3. The van der Waals surface area contributed by atoms with E-state index in [1.54, 1.807) is 0 Å². The van der Waals surface area contributed by atoms with Crippen molar-refractivity contribution < 1.29 is 4.79 Å². The summed E-state index contributed by atoms with van der Waals surface area (Å²) in [5.41, 5.74) is 8.61. The molecule has 28 heavy (non-hydrogen) atoms. The quantitative estimate of drug-likeness (QED) is 0.772. The second kappa shape index (κ2) is 9.13. The molecule has 1 aromatic heterocycles. The van der Waals surface area contributed by atoms with Gasteiger partial charge in [0.25, 0.3) is 0 Å². The highest BCUT2D eigenvalue weighted by atomic mass is 16.1. The van der Waals surface area contributed by atoms with Crippen LogP contribution in [0.5, 0.6) is 0 Å². The van der Waals surface area contributed by atoms with Gasteiger partial charge in [0, 0.05) is 36.3 Å². The molecule has 2 aliphatic rings. The Bertz CT molecular complexity index is 782. The molecule has 0 atom stereocenters. The molecule has 0 saturated heterocycles. The van der Waals surface area contributed by atoms with E-state index in [-0.39, 0.29) is 5.91 Å². The first-order chi connectivity index (χ1) is 13.7. The van der Waals surface area contributed by atoms with Crippen molar-refractivity contribution in [2.75, 3.05) is 0 Å². The lowest BCUT2D eigenvalue weighted by Crippen LogP contribution is -2.40. The number of amides is 1. The van der Waals surface area contributed by atoms with Crippen molar-refractivity contribution in [1.29, 1.82) is 0 Å². The average molecular weight is 382 g/mol. The van der Waals surface area contributed by atoms with Crippen LogP contribution in [0, 0.1) is 5.92 Å². The summed E-state index contributed by atoms with van der Waals surface area (Å²) >= 11 is 0. The smallest absolute Gasteiger partial charge is 0.220 e. The minimum atomic E-state index is 0.190. The van der Waals surface area contributed by atoms with Crippen molar-refractivity contribution in [2.45, 2.75) is 89.3 Å². The molecule has 0 bridgehead atoms. The van der Waals surface area contributed by atoms with Gasteiger partial charge in [-0.1, -0.05) is 37.5 Å². The highest BCUT2D eigenvalue weighted by Crippen LogP contribution is 2.29. The minimum absolute atomic E-state index is 0.190. The van der Waals surface area contributed by atoms with Crippen LogP contribution in [0.25, 0.3) is 10.9 Å². The molecule has 3 N–H and O–H groups in total. The molecule has 2 fully saturated rings. The fraction of sp³-hybridized carbons (Fsp3) is 0.625. The van der Waals surface area contributed by atoms with Crippen LogP contribution in [-0.2, 0) is 17.8 Å². The number of para-hydroxylation sites is 1. The Hall–Kier alpha value is -1.81. The summed E-state index contributed by atoms with van der Waals surface area (Å²) in [5.74, 6) is 0.971. The Balaban J connectivity index is 1.41. The normalized spacial score (nSPS) is 23.8. The largest absolute Gasteiger partial charge is 0.353 e. The molecular formula is C24H35N3O. The van der Waals surface area contributed by atoms with E-state index in [9.17, 15) is 4.79 Å². The number of nitrogens with zero attached hydrogens (tertiary/aromatic N) is 1. The molecule has 1 aromatic carbocycles. The Morgan fingerprint density at radius 3 is 2.57 bits per heavy atom. The molecule has 2 aromatic rings. The maximum absolute atomic E-state index is 12.5. The van der Waals surface area contributed by atoms with Gasteiger partial charge in [-0.05, 0) is 68.4 Å². The molecule has 152 valence electrons. The van der Waals surface area contributed by atoms with Crippen LogP contribution in [0.1, 0.15) is 69.9 Å². The van der Waals surface area contributed by atoms with E-state index in [2.05, 4.69) is 40.2 Å². The summed E-state index contributed by atoms with van der Waals surface area (Å²) in [5, 5.41) is 4.54. The zero-order chi connectivity index (χ0) is 19.3. The van der Waals surface area contributed by atoms with E-state index in [4.69, 9.17) is 5.73 Å². The van der Waals surface area contributed by atoms with Crippen LogP contribution in [0.4, 0.5) is 0 Å². The van der Waals surface area contributed by atoms with Gasteiger partial charge in [-0.3, -0.25) is 4.79 Å². The van der Waals surface area contributed by atoms with Crippen molar-refractivity contribution in [3.05, 3.63) is 36.0 Å². The van der Waals surface area contributed by atoms with Gasteiger partial charge in [0.15, 0.2) is 0 Å². The number of rotatable bonds is 6. The molecule has 4 rings (SSSR count). The molecule has 0 radical (unpaired) electrons. The number of aromatic nitrogens is 1. The number of fused-ring (bicyclic) bond motifs is 1. The number of nitrogens with two attached hydrogens (primary N) is 1. The lowest BCUT2D eigenvalue weighted by atomic mass is 9.89. The third-order valence-corrected chi connectivity index (χ3v) is 6.81. The van der Waals surface area contributed by atoms with Crippen LogP contribution < -0.4 is 11.1 Å². The molecule has 0 unspecified atom stereocenters. The van der Waals surface area contributed by atoms with E-state index < -0.39 is 0 Å². The fourth-order valence-corrected chi connectivity index (χ4v) is 5.12. The van der Waals surface area contributed by atoms with Gasteiger partial charge in [0.2, 0.25) is 5.91 Å². The molecule has 0 spiro atoms. The second-order valence-corrected chi connectivity index (χ2v) is 8.99. The Morgan fingerprint density at radius 1 is 1.04 bits per heavy atom. The zero-order valence-corrected chi connectivity index (χ0v) is 17.0. The van der Waals surface area contributed by atoms with Crippen LogP contribution in [0.3, 0.4) is 0 Å². The lowest BCUT2D eigenvalue weighted by molar-refractivity contribution is -0.122. The monoisotopic (exact) mass is 381 g/mol. The van der Waals surface area contributed by atoms with Gasteiger partial charge >= 0.3 is 0 Å². The Labute approximate surface area is 168 Å². The number of carbonyl (C=O) groups excluding carboxylic acids is 1. The predicted molar refractivity (Wildman–Crippen MR) is 115 cm³/mol. The SMILES string of the molecule is N[C@H]1CC[C@H](NC(=O)CCc2cc3ccccc3n2CC2CCCCC2)CC1. The zero-order valence-electron chi connectivity index (χ0n) is 17.0. The van der Waals surface area contributed by atoms with Crippen LogP contribution >= 0.6 is 0 Å².